The molecule has 2 aromatic rings. The van der Waals surface area contributed by atoms with Gasteiger partial charge in [-0.2, -0.15) is 0 Å². The second-order valence-corrected chi connectivity index (χ2v) is 6.14. The lowest BCUT2D eigenvalue weighted by Gasteiger charge is -2.21. The minimum absolute atomic E-state index is 0. The van der Waals surface area contributed by atoms with Crippen LogP contribution in [0.15, 0.2) is 59.6 Å². The van der Waals surface area contributed by atoms with E-state index in [4.69, 9.17) is 5.73 Å². The van der Waals surface area contributed by atoms with Crippen LogP contribution in [0.3, 0.4) is 0 Å². The van der Waals surface area contributed by atoms with Gasteiger partial charge >= 0.3 is 6.36 Å². The minimum atomic E-state index is -4.73. The Balaban J connectivity index is 0.00000450. The van der Waals surface area contributed by atoms with E-state index < -0.39 is 6.36 Å². The molecule has 0 atom stereocenters. The molecule has 10 heteroatoms. The molecular formula is C20H24F3IN4O2. The van der Waals surface area contributed by atoms with Crippen molar-refractivity contribution in [2.45, 2.75) is 26.4 Å². The molecule has 0 unspecified atom stereocenters. The van der Waals surface area contributed by atoms with Crippen LogP contribution in [0.5, 0.6) is 5.75 Å². The van der Waals surface area contributed by atoms with Crippen LogP contribution in [0.25, 0.3) is 0 Å². The maximum absolute atomic E-state index is 12.4. The normalized spacial score (nSPS) is 11.4. The minimum Gasteiger partial charge on any atom is -0.406 e. The summed E-state index contributed by atoms with van der Waals surface area (Å²) < 4.78 is 40.3. The highest BCUT2D eigenvalue weighted by molar-refractivity contribution is 14.0. The number of hydrogen-bond donors (Lipinski definition) is 2. The van der Waals surface area contributed by atoms with Gasteiger partial charge in [0.2, 0.25) is 5.91 Å². The molecule has 0 aliphatic carbocycles. The van der Waals surface area contributed by atoms with E-state index in [2.05, 4.69) is 15.0 Å². The number of rotatable bonds is 8. The molecule has 0 aliphatic rings. The Bertz CT molecular complexity index is 815. The molecule has 0 aromatic heterocycles. The van der Waals surface area contributed by atoms with Gasteiger partial charge in [-0.05, 0) is 30.2 Å². The van der Waals surface area contributed by atoms with E-state index in [0.717, 1.165) is 5.56 Å². The Hall–Kier alpha value is -2.50. The number of nitrogens with one attached hydrogen (secondary N) is 1. The van der Waals surface area contributed by atoms with Crippen molar-refractivity contribution in [3.8, 4) is 5.75 Å². The molecule has 0 spiro atoms. The average molecular weight is 536 g/mol. The number of carbonyl (C=O) groups is 1. The summed E-state index contributed by atoms with van der Waals surface area (Å²) in [4.78, 5) is 18.1. The largest absolute Gasteiger partial charge is 0.573 e. The number of amides is 1. The number of guanidine groups is 1. The molecule has 0 heterocycles. The van der Waals surface area contributed by atoms with Gasteiger partial charge in [0, 0.05) is 13.1 Å². The summed E-state index contributed by atoms with van der Waals surface area (Å²) in [6.45, 7) is 3.10. The second-order valence-electron chi connectivity index (χ2n) is 6.14. The molecule has 2 aromatic carbocycles. The highest BCUT2D eigenvalue weighted by atomic mass is 127. The summed E-state index contributed by atoms with van der Waals surface area (Å²) in [5.41, 5.74) is 7.45. The van der Waals surface area contributed by atoms with Gasteiger partial charge in [-0.15, -0.1) is 37.1 Å². The lowest BCUT2D eigenvalue weighted by Crippen LogP contribution is -2.42. The van der Waals surface area contributed by atoms with E-state index >= 15 is 0 Å². The van der Waals surface area contributed by atoms with Gasteiger partial charge in [0.05, 0.1) is 13.1 Å². The van der Waals surface area contributed by atoms with Crippen LogP contribution in [0.2, 0.25) is 0 Å². The van der Waals surface area contributed by atoms with Crippen molar-refractivity contribution < 1.29 is 22.7 Å². The maximum atomic E-state index is 12.4. The van der Waals surface area contributed by atoms with E-state index in [9.17, 15) is 18.0 Å². The van der Waals surface area contributed by atoms with Crippen molar-refractivity contribution in [2.24, 2.45) is 10.7 Å². The van der Waals surface area contributed by atoms with Crippen molar-refractivity contribution in [3.63, 3.8) is 0 Å². The summed E-state index contributed by atoms with van der Waals surface area (Å²) >= 11 is 0. The number of alkyl halides is 3. The highest BCUT2D eigenvalue weighted by Crippen LogP contribution is 2.22. The van der Waals surface area contributed by atoms with Gasteiger partial charge in [0.25, 0.3) is 0 Å². The molecule has 2 rings (SSSR count). The average Bonchev–Trinajstić information content (AvgIpc) is 2.69. The van der Waals surface area contributed by atoms with Gasteiger partial charge in [-0.3, -0.25) is 4.79 Å². The molecule has 164 valence electrons. The molecule has 0 aliphatic heterocycles. The predicted molar refractivity (Wildman–Crippen MR) is 119 cm³/mol. The third-order valence-corrected chi connectivity index (χ3v) is 3.96. The van der Waals surface area contributed by atoms with Gasteiger partial charge < -0.3 is 20.7 Å². The fourth-order valence-electron chi connectivity index (χ4n) is 2.49. The third-order valence-electron chi connectivity index (χ3n) is 3.96. The number of nitrogens with two attached hydrogens (primary N) is 1. The number of carbonyl (C=O) groups excluding carboxylic acids is 1. The third kappa shape index (κ3) is 9.33. The number of ether oxygens (including phenoxy) is 1. The molecular weight excluding hydrogens is 512 g/mol. The number of aliphatic imine (C=N–C) groups is 1. The zero-order valence-corrected chi connectivity index (χ0v) is 18.7. The van der Waals surface area contributed by atoms with Crippen LogP contribution < -0.4 is 15.8 Å². The van der Waals surface area contributed by atoms with Crippen LogP contribution in [0, 0.1) is 0 Å². The molecule has 0 bridgehead atoms. The van der Waals surface area contributed by atoms with Crippen molar-refractivity contribution in [2.75, 3.05) is 13.1 Å². The number of likely N-dealkylation sites (N-methyl/N-ethyl adjacent to an activating group) is 1. The van der Waals surface area contributed by atoms with E-state index in [1.54, 1.807) is 4.90 Å². The summed E-state index contributed by atoms with van der Waals surface area (Å²) in [7, 11) is 0. The summed E-state index contributed by atoms with van der Waals surface area (Å²) in [6.07, 6.45) is -4.73. The molecule has 30 heavy (non-hydrogen) atoms. The zero-order chi connectivity index (χ0) is 21.3. The molecule has 0 saturated heterocycles. The van der Waals surface area contributed by atoms with Gasteiger partial charge in [-0.25, -0.2) is 4.99 Å². The van der Waals surface area contributed by atoms with Crippen LogP contribution >= 0.6 is 24.0 Å². The summed E-state index contributed by atoms with van der Waals surface area (Å²) in [5, 5.41) is 2.76. The van der Waals surface area contributed by atoms with Crippen molar-refractivity contribution >= 4 is 35.8 Å². The lowest BCUT2D eigenvalue weighted by atomic mass is 10.2. The lowest BCUT2D eigenvalue weighted by molar-refractivity contribution is -0.274. The Morgan fingerprint density at radius 3 is 2.30 bits per heavy atom. The Labute approximate surface area is 190 Å². The second kappa shape index (κ2) is 12.3. The summed E-state index contributed by atoms with van der Waals surface area (Å²) in [5.74, 6) is -0.354. The molecule has 6 nitrogen and oxygen atoms in total. The van der Waals surface area contributed by atoms with Crippen molar-refractivity contribution in [1.82, 2.24) is 10.2 Å². The van der Waals surface area contributed by atoms with Crippen molar-refractivity contribution in [3.05, 3.63) is 65.7 Å². The monoisotopic (exact) mass is 536 g/mol. The molecule has 3 N–H and O–H groups in total. The highest BCUT2D eigenvalue weighted by Gasteiger charge is 2.30. The maximum Gasteiger partial charge on any atom is 0.573 e. The van der Waals surface area contributed by atoms with Crippen LogP contribution in [-0.2, 0) is 17.9 Å². The van der Waals surface area contributed by atoms with Crippen LogP contribution in [0.1, 0.15) is 18.1 Å². The molecule has 0 saturated carbocycles. The van der Waals surface area contributed by atoms with Crippen LogP contribution in [-0.4, -0.2) is 36.2 Å². The first-order valence-electron chi connectivity index (χ1n) is 8.97. The smallest absolute Gasteiger partial charge is 0.406 e. The number of benzene rings is 2. The zero-order valence-electron chi connectivity index (χ0n) is 16.4. The van der Waals surface area contributed by atoms with E-state index in [1.807, 2.05) is 37.3 Å². The Morgan fingerprint density at radius 1 is 1.10 bits per heavy atom. The van der Waals surface area contributed by atoms with Gasteiger partial charge in [0.1, 0.15) is 5.75 Å². The van der Waals surface area contributed by atoms with E-state index in [1.165, 1.54) is 24.3 Å². The fraction of sp³-hybridized carbons (Fsp3) is 0.300. The van der Waals surface area contributed by atoms with Crippen molar-refractivity contribution in [1.29, 1.82) is 0 Å². The van der Waals surface area contributed by atoms with Gasteiger partial charge in [-0.1, -0.05) is 42.5 Å². The molecule has 1 amide bonds. The Morgan fingerprint density at radius 2 is 1.73 bits per heavy atom. The first kappa shape index (κ1) is 25.5. The van der Waals surface area contributed by atoms with E-state index in [0.29, 0.717) is 18.7 Å². The van der Waals surface area contributed by atoms with Gasteiger partial charge in [0.15, 0.2) is 5.96 Å². The first-order valence-corrected chi connectivity index (χ1v) is 8.97. The summed E-state index contributed by atoms with van der Waals surface area (Å²) in [6, 6.07) is 15.0. The number of hydrogen-bond acceptors (Lipinski definition) is 3. The topological polar surface area (TPSA) is 80.0 Å². The first-order chi connectivity index (χ1) is 13.8. The molecule has 0 fully saturated rings. The molecule has 0 radical (unpaired) electrons. The standard InChI is InChI=1S/C20H23F3N4O2.HI/c1-2-27(14-16-6-4-3-5-7-16)18(28)13-26-19(24)25-12-15-8-10-17(11-9-15)29-20(21,22)23;/h3-11H,2,12-14H2,1H3,(H3,24,25,26);1H. The fourth-order valence-corrected chi connectivity index (χ4v) is 2.49. The Kier molecular flexibility index (Phi) is 10.4. The van der Waals surface area contributed by atoms with E-state index in [-0.39, 0.29) is 54.7 Å². The SMILES string of the molecule is CCN(Cc1ccccc1)C(=O)CNC(N)=NCc1ccc(OC(F)(F)F)cc1.I. The number of nitrogens with zero attached hydrogens (tertiary/aromatic N) is 2. The number of halogens is 4. The van der Waals surface area contributed by atoms with Crippen LogP contribution in [0.4, 0.5) is 13.2 Å². The quantitative estimate of drug-likeness (QED) is 0.307. The predicted octanol–water partition coefficient (Wildman–Crippen LogP) is 3.66.